The van der Waals surface area contributed by atoms with Gasteiger partial charge in [-0.2, -0.15) is 0 Å². The summed E-state index contributed by atoms with van der Waals surface area (Å²) in [5.74, 6) is -0.113. The van der Waals surface area contributed by atoms with Crippen molar-refractivity contribution in [3.05, 3.63) is 28.6 Å². The van der Waals surface area contributed by atoms with Crippen molar-refractivity contribution in [1.29, 1.82) is 0 Å². The molecule has 0 fully saturated rings. The van der Waals surface area contributed by atoms with E-state index in [4.69, 9.17) is 5.73 Å². The molecule has 10 heteroatoms. The zero-order chi connectivity index (χ0) is 14.7. The molecule has 3 N–H and O–H groups in total. The van der Waals surface area contributed by atoms with Gasteiger partial charge in [-0.15, -0.1) is 22.7 Å². The summed E-state index contributed by atoms with van der Waals surface area (Å²) in [6.07, 6.45) is 0. The van der Waals surface area contributed by atoms with Crippen molar-refractivity contribution >= 4 is 34.5 Å². The molecule has 0 bridgehead atoms. The highest BCUT2D eigenvalue weighted by Crippen LogP contribution is 2.27. The first-order valence-electron chi connectivity index (χ1n) is 5.99. The number of aromatic nitrogens is 5. The van der Waals surface area contributed by atoms with E-state index in [1.807, 2.05) is 22.9 Å². The predicted molar refractivity (Wildman–Crippen MR) is 79.5 cm³/mol. The lowest BCUT2D eigenvalue weighted by atomic mass is 10.4. The molecule has 3 aromatic rings. The zero-order valence-corrected chi connectivity index (χ0v) is 12.4. The van der Waals surface area contributed by atoms with Crippen molar-refractivity contribution < 1.29 is 4.79 Å². The Kier molecular flexibility index (Phi) is 3.88. The number of anilines is 1. The molecule has 3 rings (SSSR count). The van der Waals surface area contributed by atoms with Crippen LogP contribution in [0, 0.1) is 0 Å². The fourth-order valence-electron chi connectivity index (χ4n) is 1.61. The van der Waals surface area contributed by atoms with E-state index >= 15 is 0 Å². The minimum absolute atomic E-state index is 0.0131. The number of hydrogen-bond donors (Lipinski definition) is 2. The number of nitrogen functional groups attached to an aromatic ring is 1. The zero-order valence-electron chi connectivity index (χ0n) is 10.8. The third-order valence-electron chi connectivity index (χ3n) is 2.60. The van der Waals surface area contributed by atoms with Crippen molar-refractivity contribution in [2.45, 2.75) is 13.1 Å². The summed E-state index contributed by atoms with van der Waals surface area (Å²) >= 11 is 3.20. The van der Waals surface area contributed by atoms with E-state index in [-0.39, 0.29) is 18.4 Å². The molecule has 0 aromatic carbocycles. The second-order valence-corrected chi connectivity index (χ2v) is 5.90. The molecule has 8 nitrogen and oxygen atoms in total. The summed E-state index contributed by atoms with van der Waals surface area (Å²) in [5.41, 5.74) is 6.31. The maximum atomic E-state index is 11.8. The number of amides is 1. The van der Waals surface area contributed by atoms with Crippen LogP contribution in [0.25, 0.3) is 9.88 Å². The number of nitrogens with one attached hydrogen (secondary N) is 1. The lowest BCUT2D eigenvalue weighted by Crippen LogP contribution is -2.28. The Morgan fingerprint density at radius 1 is 1.43 bits per heavy atom. The van der Waals surface area contributed by atoms with E-state index in [0.29, 0.717) is 6.54 Å². The molecule has 0 saturated carbocycles. The van der Waals surface area contributed by atoms with Crippen molar-refractivity contribution in [2.24, 2.45) is 0 Å². The molecule has 0 atom stereocenters. The molecule has 0 aliphatic heterocycles. The van der Waals surface area contributed by atoms with Crippen LogP contribution in [0.2, 0.25) is 0 Å². The van der Waals surface area contributed by atoms with Crippen LogP contribution in [0.4, 0.5) is 5.95 Å². The summed E-state index contributed by atoms with van der Waals surface area (Å²) in [6, 6.07) is 4.01. The van der Waals surface area contributed by atoms with Gasteiger partial charge in [0.25, 0.3) is 0 Å². The van der Waals surface area contributed by atoms with E-state index in [0.717, 1.165) is 15.6 Å². The van der Waals surface area contributed by atoms with Gasteiger partial charge in [-0.3, -0.25) is 4.79 Å². The van der Waals surface area contributed by atoms with Crippen LogP contribution in [0.1, 0.15) is 5.69 Å². The van der Waals surface area contributed by atoms with Gasteiger partial charge in [-0.05, 0) is 21.9 Å². The maximum Gasteiger partial charge on any atom is 0.242 e. The molecule has 0 spiro atoms. The van der Waals surface area contributed by atoms with Crippen LogP contribution in [-0.2, 0) is 17.9 Å². The lowest BCUT2D eigenvalue weighted by Gasteiger charge is -2.03. The third-order valence-corrected chi connectivity index (χ3v) is 4.53. The van der Waals surface area contributed by atoms with Gasteiger partial charge in [-0.1, -0.05) is 11.2 Å². The summed E-state index contributed by atoms with van der Waals surface area (Å²) in [7, 11) is 0. The van der Waals surface area contributed by atoms with Crippen molar-refractivity contribution in [2.75, 3.05) is 5.73 Å². The summed E-state index contributed by atoms with van der Waals surface area (Å²) < 4.78 is 1.23. The topological polar surface area (TPSA) is 112 Å². The number of carbonyl (C=O) groups excluding carboxylic acids is 1. The molecule has 21 heavy (non-hydrogen) atoms. The lowest BCUT2D eigenvalue weighted by molar-refractivity contribution is -0.122. The molecule has 0 unspecified atom stereocenters. The molecule has 108 valence electrons. The second-order valence-electron chi connectivity index (χ2n) is 4.09. The molecule has 0 saturated heterocycles. The summed E-state index contributed by atoms with van der Waals surface area (Å²) in [4.78, 5) is 17.4. The quantitative estimate of drug-likeness (QED) is 0.717. The number of thiazole rings is 1. The second kappa shape index (κ2) is 5.97. The first-order valence-corrected chi connectivity index (χ1v) is 7.75. The number of tetrazole rings is 1. The van der Waals surface area contributed by atoms with Gasteiger partial charge in [0, 0.05) is 5.38 Å². The largest absolute Gasteiger partial charge is 0.367 e. The maximum absolute atomic E-state index is 11.8. The van der Waals surface area contributed by atoms with Crippen molar-refractivity contribution in [3.63, 3.8) is 0 Å². The number of hydrogen-bond acceptors (Lipinski definition) is 8. The molecule has 0 aliphatic rings. The van der Waals surface area contributed by atoms with Gasteiger partial charge in [0.05, 0.1) is 17.1 Å². The Balaban J connectivity index is 1.56. The molecule has 1 amide bonds. The van der Waals surface area contributed by atoms with E-state index in [1.165, 1.54) is 4.68 Å². The average Bonchev–Trinajstić information content (AvgIpc) is 3.18. The highest BCUT2D eigenvalue weighted by molar-refractivity contribution is 7.20. The molecular weight excluding hydrogens is 310 g/mol. The number of nitrogens with zero attached hydrogens (tertiary/aromatic N) is 5. The van der Waals surface area contributed by atoms with E-state index in [9.17, 15) is 4.79 Å². The van der Waals surface area contributed by atoms with E-state index in [1.54, 1.807) is 22.7 Å². The van der Waals surface area contributed by atoms with Gasteiger partial charge in [-0.25, -0.2) is 9.67 Å². The first kappa shape index (κ1) is 13.6. The van der Waals surface area contributed by atoms with Gasteiger partial charge >= 0.3 is 0 Å². The normalized spacial score (nSPS) is 10.7. The predicted octanol–water partition coefficient (Wildman–Crippen LogP) is 0.757. The van der Waals surface area contributed by atoms with Crippen molar-refractivity contribution in [3.8, 4) is 9.88 Å². The standard InChI is InChI=1S/C11H11N7OS2/c12-11-15-16-17-18(11)5-9(19)13-4-7-6-21-10(14-7)8-2-1-3-20-8/h1-3,6H,4-5H2,(H,13,19)(H2,12,15,17). The number of thiophene rings is 1. The first-order chi connectivity index (χ1) is 10.2. The minimum atomic E-state index is -0.223. The highest BCUT2D eigenvalue weighted by Gasteiger charge is 2.09. The SMILES string of the molecule is Nc1nnnn1CC(=O)NCc1csc(-c2cccs2)n1. The van der Waals surface area contributed by atoms with Gasteiger partial charge in [0.1, 0.15) is 11.6 Å². The Morgan fingerprint density at radius 3 is 3.05 bits per heavy atom. The van der Waals surface area contributed by atoms with E-state index in [2.05, 4.69) is 25.8 Å². The van der Waals surface area contributed by atoms with Crippen molar-refractivity contribution in [1.82, 2.24) is 30.5 Å². The molecule has 0 radical (unpaired) electrons. The van der Waals surface area contributed by atoms with Crippen LogP contribution < -0.4 is 11.1 Å². The van der Waals surface area contributed by atoms with Crippen LogP contribution >= 0.6 is 22.7 Å². The Labute approximate surface area is 127 Å². The summed E-state index contributed by atoms with van der Waals surface area (Å²) in [5, 5.41) is 18.1. The monoisotopic (exact) mass is 321 g/mol. The van der Waals surface area contributed by atoms with Gasteiger partial charge < -0.3 is 11.1 Å². The third kappa shape index (κ3) is 3.23. The number of nitrogens with two attached hydrogens (primary N) is 1. The Hall–Kier alpha value is -2.33. The average molecular weight is 321 g/mol. The van der Waals surface area contributed by atoms with Crippen LogP contribution in [0.3, 0.4) is 0 Å². The fourth-order valence-corrected chi connectivity index (χ4v) is 3.24. The number of rotatable bonds is 5. The molecule has 0 aliphatic carbocycles. The van der Waals surface area contributed by atoms with Gasteiger partial charge in [0.2, 0.25) is 11.9 Å². The van der Waals surface area contributed by atoms with Crippen LogP contribution in [-0.4, -0.2) is 31.1 Å². The van der Waals surface area contributed by atoms with Crippen LogP contribution in [0.5, 0.6) is 0 Å². The minimum Gasteiger partial charge on any atom is -0.367 e. The molecular formula is C11H11N7OS2. The Morgan fingerprint density at radius 2 is 2.33 bits per heavy atom. The van der Waals surface area contributed by atoms with Crippen LogP contribution in [0.15, 0.2) is 22.9 Å². The summed E-state index contributed by atoms with van der Waals surface area (Å²) in [6.45, 7) is 0.351. The van der Waals surface area contributed by atoms with E-state index < -0.39 is 0 Å². The smallest absolute Gasteiger partial charge is 0.242 e. The molecule has 3 heterocycles. The Bertz CT molecular complexity index is 733. The fraction of sp³-hybridized carbons (Fsp3) is 0.182. The highest BCUT2D eigenvalue weighted by atomic mass is 32.1. The number of carbonyl (C=O) groups is 1. The molecule has 3 aromatic heterocycles. The van der Waals surface area contributed by atoms with Gasteiger partial charge in [0.15, 0.2) is 0 Å².